The molecular formula is C18H12N2O5S. The first kappa shape index (κ1) is 16.2. The predicted molar refractivity (Wildman–Crippen MR) is 96.8 cm³/mol. The van der Waals surface area contributed by atoms with Crippen LogP contribution in [0, 0.1) is 0 Å². The van der Waals surface area contributed by atoms with Gasteiger partial charge in [0, 0.05) is 0 Å². The number of amides is 1. The highest BCUT2D eigenvalue weighted by atomic mass is 32.2. The normalized spacial score (nSPS) is 18.4. The van der Waals surface area contributed by atoms with E-state index >= 15 is 0 Å². The van der Waals surface area contributed by atoms with E-state index in [2.05, 4.69) is 10.3 Å². The number of carboxylic acids is 1. The lowest BCUT2D eigenvalue weighted by Gasteiger charge is -1.98. The van der Waals surface area contributed by atoms with Gasteiger partial charge in [0.2, 0.25) is 6.79 Å². The molecule has 2 heterocycles. The number of amidine groups is 1. The van der Waals surface area contributed by atoms with E-state index in [1.54, 1.807) is 24.3 Å². The van der Waals surface area contributed by atoms with E-state index in [1.165, 1.54) is 23.9 Å². The van der Waals surface area contributed by atoms with Gasteiger partial charge in [0.05, 0.1) is 16.2 Å². The fourth-order valence-corrected chi connectivity index (χ4v) is 3.27. The van der Waals surface area contributed by atoms with Gasteiger partial charge < -0.3 is 19.9 Å². The second-order valence-electron chi connectivity index (χ2n) is 5.45. The van der Waals surface area contributed by atoms with Gasteiger partial charge in [-0.3, -0.25) is 4.79 Å². The number of carbonyl (C=O) groups excluding carboxylic acids is 1. The second-order valence-corrected chi connectivity index (χ2v) is 6.48. The van der Waals surface area contributed by atoms with E-state index in [0.29, 0.717) is 27.3 Å². The van der Waals surface area contributed by atoms with Gasteiger partial charge in [0.25, 0.3) is 5.91 Å². The van der Waals surface area contributed by atoms with Gasteiger partial charge in [-0.25, -0.2) is 9.79 Å². The van der Waals surface area contributed by atoms with Crippen LogP contribution in [0.5, 0.6) is 11.5 Å². The first-order valence-corrected chi connectivity index (χ1v) is 8.43. The summed E-state index contributed by atoms with van der Waals surface area (Å²) in [6.45, 7) is 0.196. The highest BCUT2D eigenvalue weighted by molar-refractivity contribution is 8.18. The van der Waals surface area contributed by atoms with Gasteiger partial charge >= 0.3 is 5.97 Å². The highest BCUT2D eigenvalue weighted by Gasteiger charge is 2.24. The van der Waals surface area contributed by atoms with Crippen molar-refractivity contribution in [1.29, 1.82) is 0 Å². The van der Waals surface area contributed by atoms with Crippen LogP contribution in [0.15, 0.2) is 52.4 Å². The Balaban J connectivity index is 1.53. The average Bonchev–Trinajstić information content (AvgIpc) is 3.22. The summed E-state index contributed by atoms with van der Waals surface area (Å²) in [5.74, 6) is 0.0909. The zero-order valence-electron chi connectivity index (χ0n) is 13.3. The Hall–Kier alpha value is -3.26. The fourth-order valence-electron chi connectivity index (χ4n) is 2.43. The first-order valence-electron chi connectivity index (χ1n) is 7.61. The number of hydrogen-bond acceptors (Lipinski definition) is 6. The molecule has 2 aliphatic heterocycles. The van der Waals surface area contributed by atoms with Gasteiger partial charge in [-0.05, 0) is 59.8 Å². The van der Waals surface area contributed by atoms with Crippen molar-refractivity contribution < 1.29 is 24.2 Å². The third kappa shape index (κ3) is 3.27. The van der Waals surface area contributed by atoms with E-state index in [1.807, 2.05) is 12.1 Å². The molecule has 8 heteroatoms. The van der Waals surface area contributed by atoms with Crippen LogP contribution < -0.4 is 14.8 Å². The lowest BCUT2D eigenvalue weighted by molar-refractivity contribution is -0.115. The summed E-state index contributed by atoms with van der Waals surface area (Å²) in [6.07, 6.45) is 1.75. The molecule has 4 rings (SSSR count). The fraction of sp³-hybridized carbons (Fsp3) is 0.0556. The number of hydrogen-bond donors (Lipinski definition) is 2. The number of benzene rings is 2. The number of thioether (sulfide) groups is 1. The van der Waals surface area contributed by atoms with Crippen molar-refractivity contribution in [3.63, 3.8) is 0 Å². The molecule has 1 amide bonds. The summed E-state index contributed by atoms with van der Waals surface area (Å²) in [5.41, 5.74) is 1.56. The lowest BCUT2D eigenvalue weighted by Crippen LogP contribution is -2.19. The maximum absolute atomic E-state index is 12.1. The van der Waals surface area contributed by atoms with Crippen molar-refractivity contribution in [1.82, 2.24) is 5.32 Å². The van der Waals surface area contributed by atoms with Crippen molar-refractivity contribution in [2.24, 2.45) is 4.99 Å². The van der Waals surface area contributed by atoms with Gasteiger partial charge in [0.15, 0.2) is 16.7 Å². The molecule has 0 unspecified atom stereocenters. The quantitative estimate of drug-likeness (QED) is 0.809. The summed E-state index contributed by atoms with van der Waals surface area (Å²) in [6, 6.07) is 11.5. The minimum absolute atomic E-state index is 0.181. The minimum atomic E-state index is -0.998. The molecule has 26 heavy (non-hydrogen) atoms. The van der Waals surface area contributed by atoms with Crippen LogP contribution in [-0.4, -0.2) is 28.9 Å². The standard InChI is InChI=1S/C18H12N2O5S/c21-16-15(8-10-1-6-13-14(7-10)25-9-24-13)26-18(20-16)19-12-4-2-11(3-5-12)17(22)23/h1-8H,9H2,(H,22,23)(H,19,20,21)/b15-8-. The highest BCUT2D eigenvalue weighted by Crippen LogP contribution is 2.34. The molecular weight excluding hydrogens is 356 g/mol. The van der Waals surface area contributed by atoms with Crippen LogP contribution >= 0.6 is 11.8 Å². The number of aliphatic imine (C=N–C) groups is 1. The SMILES string of the molecule is O=C1NC(=Nc2ccc(C(=O)O)cc2)S/C1=C\c1ccc2c(c1)OCO2. The molecule has 7 nitrogen and oxygen atoms in total. The summed E-state index contributed by atoms with van der Waals surface area (Å²) in [5, 5.41) is 12.0. The second kappa shape index (κ2) is 6.57. The third-order valence-corrected chi connectivity index (χ3v) is 4.60. The maximum atomic E-state index is 12.1. The molecule has 0 spiro atoms. The van der Waals surface area contributed by atoms with Crippen molar-refractivity contribution in [2.75, 3.05) is 6.79 Å². The van der Waals surface area contributed by atoms with Crippen LogP contribution in [0.3, 0.4) is 0 Å². The van der Waals surface area contributed by atoms with Crippen LogP contribution in [0.4, 0.5) is 5.69 Å². The lowest BCUT2D eigenvalue weighted by atomic mass is 10.2. The van der Waals surface area contributed by atoms with E-state index in [9.17, 15) is 9.59 Å². The topological polar surface area (TPSA) is 97.2 Å². The monoisotopic (exact) mass is 368 g/mol. The average molecular weight is 368 g/mol. The zero-order chi connectivity index (χ0) is 18.1. The Morgan fingerprint density at radius 2 is 1.92 bits per heavy atom. The zero-order valence-corrected chi connectivity index (χ0v) is 14.1. The molecule has 0 aromatic heterocycles. The molecule has 0 radical (unpaired) electrons. The maximum Gasteiger partial charge on any atom is 0.335 e. The molecule has 2 N–H and O–H groups in total. The summed E-state index contributed by atoms with van der Waals surface area (Å²) >= 11 is 1.21. The molecule has 2 aliphatic rings. The Kier molecular flexibility index (Phi) is 4.10. The Bertz CT molecular complexity index is 966. The van der Waals surface area contributed by atoms with Gasteiger partial charge in [0.1, 0.15) is 0 Å². The van der Waals surface area contributed by atoms with Crippen molar-refractivity contribution in [3.05, 3.63) is 58.5 Å². The Labute approximate surface area is 152 Å². The Morgan fingerprint density at radius 1 is 1.15 bits per heavy atom. The van der Waals surface area contributed by atoms with Crippen LogP contribution in [0.2, 0.25) is 0 Å². The summed E-state index contributed by atoms with van der Waals surface area (Å²) in [7, 11) is 0. The summed E-state index contributed by atoms with van der Waals surface area (Å²) in [4.78, 5) is 27.8. The number of ether oxygens (including phenoxy) is 2. The number of rotatable bonds is 3. The number of aromatic carboxylic acids is 1. The Morgan fingerprint density at radius 3 is 2.69 bits per heavy atom. The van der Waals surface area contributed by atoms with Crippen molar-refractivity contribution >= 4 is 40.6 Å². The van der Waals surface area contributed by atoms with Crippen LogP contribution in [0.1, 0.15) is 15.9 Å². The van der Waals surface area contributed by atoms with E-state index in [0.717, 1.165) is 5.56 Å². The molecule has 0 aliphatic carbocycles. The number of carbonyl (C=O) groups is 2. The van der Waals surface area contributed by atoms with E-state index in [4.69, 9.17) is 14.6 Å². The molecule has 0 atom stereocenters. The van der Waals surface area contributed by atoms with Gasteiger partial charge in [-0.1, -0.05) is 6.07 Å². The van der Waals surface area contributed by atoms with Crippen LogP contribution in [0.25, 0.3) is 6.08 Å². The van der Waals surface area contributed by atoms with E-state index in [-0.39, 0.29) is 18.3 Å². The third-order valence-electron chi connectivity index (χ3n) is 3.69. The number of fused-ring (bicyclic) bond motifs is 1. The van der Waals surface area contributed by atoms with Crippen LogP contribution in [-0.2, 0) is 4.79 Å². The smallest absolute Gasteiger partial charge is 0.335 e. The largest absolute Gasteiger partial charge is 0.478 e. The molecule has 0 bridgehead atoms. The molecule has 130 valence electrons. The van der Waals surface area contributed by atoms with E-state index < -0.39 is 5.97 Å². The number of carboxylic acid groups (broad SMARTS) is 1. The predicted octanol–water partition coefficient (Wildman–Crippen LogP) is 3.01. The first-order chi connectivity index (χ1) is 12.6. The molecule has 1 fully saturated rings. The number of nitrogens with zero attached hydrogens (tertiary/aromatic N) is 1. The number of nitrogens with one attached hydrogen (secondary N) is 1. The molecule has 2 aromatic rings. The van der Waals surface area contributed by atoms with Gasteiger partial charge in [-0.15, -0.1) is 0 Å². The van der Waals surface area contributed by atoms with Gasteiger partial charge in [-0.2, -0.15) is 0 Å². The summed E-state index contributed by atoms with van der Waals surface area (Å²) < 4.78 is 10.6. The van der Waals surface area contributed by atoms with Crippen molar-refractivity contribution in [2.45, 2.75) is 0 Å². The minimum Gasteiger partial charge on any atom is -0.478 e. The molecule has 1 saturated heterocycles. The van der Waals surface area contributed by atoms with Crippen molar-refractivity contribution in [3.8, 4) is 11.5 Å². The molecule has 2 aromatic carbocycles. The molecule has 0 saturated carbocycles.